The van der Waals surface area contributed by atoms with Crippen molar-refractivity contribution in [3.05, 3.63) is 30.5 Å². The fraction of sp³-hybridized carbons (Fsp3) is 0.462. The minimum Gasteiger partial charge on any atom is -0.467 e. The van der Waals surface area contributed by atoms with E-state index in [1.807, 2.05) is 18.5 Å². The van der Waals surface area contributed by atoms with Crippen LogP contribution in [0.2, 0.25) is 0 Å². The fourth-order valence-electron chi connectivity index (χ4n) is 1.89. The summed E-state index contributed by atoms with van der Waals surface area (Å²) in [4.78, 5) is 4.42. The van der Waals surface area contributed by atoms with Crippen LogP contribution in [-0.4, -0.2) is 16.1 Å². The number of aryl methyl sites for hydroxylation is 1. The molecule has 0 aliphatic rings. The molecule has 0 spiro atoms. The topological polar surface area (TPSA) is 43.0 Å². The van der Waals surface area contributed by atoms with Crippen LogP contribution in [0.4, 0.5) is 0 Å². The Morgan fingerprint density at radius 3 is 3.06 bits per heavy atom. The molecular formula is C13H19N3O. The van der Waals surface area contributed by atoms with Crippen LogP contribution in [0.3, 0.4) is 0 Å². The molecule has 0 aliphatic heterocycles. The lowest BCUT2D eigenvalue weighted by Gasteiger charge is -2.06. The summed E-state index contributed by atoms with van der Waals surface area (Å²) < 4.78 is 7.67. The summed E-state index contributed by atoms with van der Waals surface area (Å²) in [6.45, 7) is 6.92. The number of nitrogens with one attached hydrogen (secondary N) is 1. The van der Waals surface area contributed by atoms with Crippen molar-refractivity contribution in [3.63, 3.8) is 0 Å². The van der Waals surface area contributed by atoms with Crippen molar-refractivity contribution in [2.45, 2.75) is 33.4 Å². The highest BCUT2D eigenvalue weighted by atomic mass is 16.3. The van der Waals surface area contributed by atoms with E-state index in [0.29, 0.717) is 0 Å². The van der Waals surface area contributed by atoms with Gasteiger partial charge in [0.2, 0.25) is 0 Å². The predicted molar refractivity (Wildman–Crippen MR) is 67.6 cm³/mol. The summed E-state index contributed by atoms with van der Waals surface area (Å²) in [5.74, 6) is 1.95. The molecule has 0 radical (unpaired) electrons. The number of hydrogen-bond donors (Lipinski definition) is 1. The van der Waals surface area contributed by atoms with Gasteiger partial charge in [0.1, 0.15) is 11.6 Å². The third kappa shape index (κ3) is 2.58. The Morgan fingerprint density at radius 1 is 1.41 bits per heavy atom. The quantitative estimate of drug-likeness (QED) is 0.834. The van der Waals surface area contributed by atoms with Crippen LogP contribution < -0.4 is 5.32 Å². The number of hydrogen-bond acceptors (Lipinski definition) is 3. The van der Waals surface area contributed by atoms with Crippen LogP contribution >= 0.6 is 0 Å². The first kappa shape index (κ1) is 11.9. The molecule has 92 valence electrons. The van der Waals surface area contributed by atoms with Gasteiger partial charge >= 0.3 is 0 Å². The molecule has 0 fully saturated rings. The van der Waals surface area contributed by atoms with Crippen molar-refractivity contribution in [3.8, 4) is 11.4 Å². The van der Waals surface area contributed by atoms with Crippen molar-refractivity contribution < 1.29 is 4.42 Å². The van der Waals surface area contributed by atoms with E-state index in [9.17, 15) is 0 Å². The molecule has 0 aromatic carbocycles. The molecule has 0 unspecified atom stereocenters. The van der Waals surface area contributed by atoms with E-state index in [1.54, 1.807) is 6.26 Å². The molecule has 0 saturated carbocycles. The lowest BCUT2D eigenvalue weighted by molar-refractivity contribution is 0.488. The van der Waals surface area contributed by atoms with Crippen molar-refractivity contribution in [1.82, 2.24) is 14.9 Å². The molecule has 1 N–H and O–H groups in total. The van der Waals surface area contributed by atoms with E-state index in [0.717, 1.165) is 43.2 Å². The average Bonchev–Trinajstić information content (AvgIpc) is 2.94. The van der Waals surface area contributed by atoms with Gasteiger partial charge in [-0.15, -0.1) is 0 Å². The first-order valence-electron chi connectivity index (χ1n) is 6.15. The Labute approximate surface area is 102 Å². The van der Waals surface area contributed by atoms with E-state index >= 15 is 0 Å². The maximum atomic E-state index is 5.51. The van der Waals surface area contributed by atoms with Gasteiger partial charge in [-0.2, -0.15) is 0 Å². The SMILES string of the molecule is CCCn1ccnc1-c1ccoc1CNCC. The number of imidazole rings is 1. The number of furan rings is 1. The Kier molecular flexibility index (Phi) is 3.98. The summed E-state index contributed by atoms with van der Waals surface area (Å²) in [5.41, 5.74) is 1.09. The summed E-state index contributed by atoms with van der Waals surface area (Å²) in [5, 5.41) is 3.27. The predicted octanol–water partition coefficient (Wildman–Crippen LogP) is 2.66. The highest BCUT2D eigenvalue weighted by molar-refractivity contribution is 5.57. The molecule has 0 aliphatic carbocycles. The number of rotatable bonds is 6. The van der Waals surface area contributed by atoms with E-state index in [2.05, 4.69) is 28.7 Å². The Morgan fingerprint density at radius 2 is 2.29 bits per heavy atom. The van der Waals surface area contributed by atoms with Gasteiger partial charge in [0.05, 0.1) is 18.4 Å². The van der Waals surface area contributed by atoms with Gasteiger partial charge < -0.3 is 14.3 Å². The van der Waals surface area contributed by atoms with E-state index in [-0.39, 0.29) is 0 Å². The molecule has 2 aromatic rings. The summed E-state index contributed by atoms with van der Waals surface area (Å²) in [7, 11) is 0. The van der Waals surface area contributed by atoms with E-state index in [4.69, 9.17) is 4.42 Å². The molecule has 0 saturated heterocycles. The fourth-order valence-corrected chi connectivity index (χ4v) is 1.89. The van der Waals surface area contributed by atoms with Gasteiger partial charge in [0.15, 0.2) is 0 Å². The second-order valence-corrected chi connectivity index (χ2v) is 3.98. The summed E-state index contributed by atoms with van der Waals surface area (Å²) in [6.07, 6.45) is 6.69. The van der Waals surface area contributed by atoms with Crippen LogP contribution in [-0.2, 0) is 13.1 Å². The first-order valence-corrected chi connectivity index (χ1v) is 6.15. The normalized spacial score (nSPS) is 10.9. The summed E-state index contributed by atoms with van der Waals surface area (Å²) >= 11 is 0. The van der Waals surface area contributed by atoms with E-state index in [1.165, 1.54) is 0 Å². The largest absolute Gasteiger partial charge is 0.467 e. The van der Waals surface area contributed by atoms with Gasteiger partial charge in [0, 0.05) is 18.9 Å². The molecule has 4 heteroatoms. The van der Waals surface area contributed by atoms with Crippen LogP contribution in [0.25, 0.3) is 11.4 Å². The molecule has 0 atom stereocenters. The van der Waals surface area contributed by atoms with Gasteiger partial charge in [0.25, 0.3) is 0 Å². The maximum Gasteiger partial charge on any atom is 0.143 e. The third-order valence-corrected chi connectivity index (χ3v) is 2.70. The van der Waals surface area contributed by atoms with Crippen molar-refractivity contribution in [2.75, 3.05) is 6.54 Å². The molecular weight excluding hydrogens is 214 g/mol. The highest BCUT2D eigenvalue weighted by Gasteiger charge is 2.12. The maximum absolute atomic E-state index is 5.51. The van der Waals surface area contributed by atoms with Crippen molar-refractivity contribution in [1.29, 1.82) is 0 Å². The van der Waals surface area contributed by atoms with Crippen LogP contribution in [0.5, 0.6) is 0 Å². The van der Waals surface area contributed by atoms with Crippen molar-refractivity contribution >= 4 is 0 Å². The second-order valence-electron chi connectivity index (χ2n) is 3.98. The summed E-state index contributed by atoms with van der Waals surface area (Å²) in [6, 6.07) is 1.99. The Balaban J connectivity index is 2.26. The Hall–Kier alpha value is -1.55. The molecule has 4 nitrogen and oxygen atoms in total. The molecule has 2 aromatic heterocycles. The van der Waals surface area contributed by atoms with Crippen molar-refractivity contribution in [2.24, 2.45) is 0 Å². The van der Waals surface area contributed by atoms with Crippen LogP contribution in [0.1, 0.15) is 26.0 Å². The number of aromatic nitrogens is 2. The van der Waals surface area contributed by atoms with Crippen LogP contribution in [0.15, 0.2) is 29.1 Å². The van der Waals surface area contributed by atoms with Gasteiger partial charge in [-0.25, -0.2) is 4.98 Å². The molecule has 17 heavy (non-hydrogen) atoms. The monoisotopic (exact) mass is 233 g/mol. The minimum absolute atomic E-state index is 0.748. The Bertz CT molecular complexity index is 459. The van der Waals surface area contributed by atoms with Gasteiger partial charge in [-0.1, -0.05) is 13.8 Å². The lowest BCUT2D eigenvalue weighted by Crippen LogP contribution is -2.12. The molecule has 0 amide bonds. The molecule has 2 heterocycles. The minimum atomic E-state index is 0.748. The van der Waals surface area contributed by atoms with Crippen LogP contribution in [0, 0.1) is 0 Å². The zero-order valence-electron chi connectivity index (χ0n) is 10.4. The second kappa shape index (κ2) is 5.68. The highest BCUT2D eigenvalue weighted by Crippen LogP contribution is 2.23. The van der Waals surface area contributed by atoms with Gasteiger partial charge in [-0.05, 0) is 19.0 Å². The first-order chi connectivity index (χ1) is 8.36. The number of nitrogens with zero attached hydrogens (tertiary/aromatic N) is 2. The lowest BCUT2D eigenvalue weighted by atomic mass is 10.2. The van der Waals surface area contributed by atoms with E-state index < -0.39 is 0 Å². The zero-order valence-corrected chi connectivity index (χ0v) is 10.4. The zero-order chi connectivity index (χ0) is 12.1. The smallest absolute Gasteiger partial charge is 0.143 e. The molecule has 2 rings (SSSR count). The third-order valence-electron chi connectivity index (χ3n) is 2.70. The average molecular weight is 233 g/mol. The standard InChI is InChI=1S/C13H19N3O/c1-3-7-16-8-6-15-13(16)11-5-9-17-12(11)10-14-4-2/h5-6,8-9,14H,3-4,7,10H2,1-2H3. The molecule has 0 bridgehead atoms. The van der Waals surface area contributed by atoms with Gasteiger partial charge in [-0.3, -0.25) is 0 Å².